The Hall–Kier alpha value is -0.0700. The molecule has 2 aliphatic rings. The second-order valence-electron chi connectivity index (χ2n) is 4.02. The molecule has 0 aromatic rings. The van der Waals surface area contributed by atoms with Crippen molar-refractivity contribution < 1.29 is 4.39 Å². The number of alkyl halides is 1. The van der Waals surface area contributed by atoms with E-state index in [0.29, 0.717) is 5.41 Å². The van der Waals surface area contributed by atoms with E-state index in [1.165, 1.54) is 12.8 Å². The van der Waals surface area contributed by atoms with Crippen LogP contribution in [0.3, 0.4) is 0 Å². The van der Waals surface area contributed by atoms with Crippen LogP contribution < -0.4 is 0 Å². The minimum absolute atomic E-state index is 0.447. The standard InChI is InChI=1S/C8H13F.C2H6/c1-6-2-8(3-6)4-7(9)5-8;1-2/h6-7H,2-5H2,1H3;1-2H3. The fourth-order valence-corrected chi connectivity index (χ4v) is 2.63. The van der Waals surface area contributed by atoms with Gasteiger partial charge in [-0.3, -0.25) is 0 Å². The normalized spacial score (nSPS) is 46.9. The lowest BCUT2D eigenvalue weighted by Crippen LogP contribution is -2.47. The van der Waals surface area contributed by atoms with Crippen LogP contribution in [0, 0.1) is 11.3 Å². The zero-order valence-electron chi connectivity index (χ0n) is 7.86. The number of halogens is 1. The van der Waals surface area contributed by atoms with Crippen LogP contribution in [-0.2, 0) is 0 Å². The third kappa shape index (κ3) is 1.57. The maximum atomic E-state index is 12.4. The van der Waals surface area contributed by atoms with E-state index in [0.717, 1.165) is 18.8 Å². The van der Waals surface area contributed by atoms with Gasteiger partial charge in [0.05, 0.1) is 0 Å². The van der Waals surface area contributed by atoms with Gasteiger partial charge in [-0.15, -0.1) is 0 Å². The van der Waals surface area contributed by atoms with Crippen molar-refractivity contribution in [3.8, 4) is 0 Å². The van der Waals surface area contributed by atoms with Gasteiger partial charge in [-0.05, 0) is 37.0 Å². The molecule has 0 radical (unpaired) electrons. The highest BCUT2D eigenvalue weighted by molar-refractivity contribution is 5.01. The first kappa shape index (κ1) is 9.02. The molecule has 0 aliphatic heterocycles. The summed E-state index contributed by atoms with van der Waals surface area (Å²) in [6, 6.07) is 0. The van der Waals surface area contributed by atoms with Crippen molar-refractivity contribution in [1.82, 2.24) is 0 Å². The van der Waals surface area contributed by atoms with E-state index in [-0.39, 0.29) is 0 Å². The molecule has 0 N–H and O–H groups in total. The van der Waals surface area contributed by atoms with Gasteiger partial charge in [0, 0.05) is 0 Å². The Balaban J connectivity index is 0.000000281. The Labute approximate surface area is 69.2 Å². The summed E-state index contributed by atoms with van der Waals surface area (Å²) in [6.07, 6.45) is 3.90. The van der Waals surface area contributed by atoms with Gasteiger partial charge >= 0.3 is 0 Å². The van der Waals surface area contributed by atoms with Crippen LogP contribution in [0.1, 0.15) is 46.5 Å². The molecule has 0 unspecified atom stereocenters. The fourth-order valence-electron chi connectivity index (χ4n) is 2.63. The molecule has 0 bridgehead atoms. The smallest absolute Gasteiger partial charge is 0.101 e. The molecule has 0 amide bonds. The Kier molecular flexibility index (Phi) is 2.56. The topological polar surface area (TPSA) is 0 Å². The molecule has 2 aliphatic carbocycles. The van der Waals surface area contributed by atoms with Gasteiger partial charge in [-0.25, -0.2) is 4.39 Å². The maximum Gasteiger partial charge on any atom is 0.101 e. The summed E-state index contributed by atoms with van der Waals surface area (Å²) < 4.78 is 12.4. The highest BCUT2D eigenvalue weighted by Crippen LogP contribution is 2.59. The Bertz CT molecular complexity index is 99.3. The lowest BCUT2D eigenvalue weighted by Gasteiger charge is -2.54. The molecular formula is C10H19F. The summed E-state index contributed by atoms with van der Waals surface area (Å²) in [5.74, 6) is 0.887. The molecule has 0 saturated heterocycles. The van der Waals surface area contributed by atoms with Crippen LogP contribution in [0.15, 0.2) is 0 Å². The number of rotatable bonds is 0. The maximum absolute atomic E-state index is 12.4. The van der Waals surface area contributed by atoms with Crippen LogP contribution in [0.4, 0.5) is 4.39 Å². The van der Waals surface area contributed by atoms with Gasteiger partial charge in [-0.2, -0.15) is 0 Å². The number of hydrogen-bond donors (Lipinski definition) is 0. The first-order valence-corrected chi connectivity index (χ1v) is 4.84. The van der Waals surface area contributed by atoms with Crippen LogP contribution >= 0.6 is 0 Å². The van der Waals surface area contributed by atoms with Crippen molar-refractivity contribution in [2.45, 2.75) is 52.6 Å². The van der Waals surface area contributed by atoms with Gasteiger partial charge in [0.2, 0.25) is 0 Å². The first-order valence-electron chi connectivity index (χ1n) is 4.84. The van der Waals surface area contributed by atoms with Crippen molar-refractivity contribution in [3.05, 3.63) is 0 Å². The molecule has 1 heteroatoms. The van der Waals surface area contributed by atoms with Crippen molar-refractivity contribution in [1.29, 1.82) is 0 Å². The van der Waals surface area contributed by atoms with Gasteiger partial charge in [0.1, 0.15) is 6.17 Å². The molecular weight excluding hydrogens is 139 g/mol. The zero-order valence-corrected chi connectivity index (χ0v) is 7.86. The van der Waals surface area contributed by atoms with E-state index in [4.69, 9.17) is 0 Å². The summed E-state index contributed by atoms with van der Waals surface area (Å²) in [5.41, 5.74) is 0.513. The highest BCUT2D eigenvalue weighted by Gasteiger charge is 2.51. The molecule has 0 nitrogen and oxygen atoms in total. The van der Waals surface area contributed by atoms with Crippen molar-refractivity contribution in [2.24, 2.45) is 11.3 Å². The number of hydrogen-bond acceptors (Lipinski definition) is 0. The average molecular weight is 158 g/mol. The third-order valence-electron chi connectivity index (χ3n) is 2.87. The molecule has 0 heterocycles. The average Bonchev–Trinajstić information content (AvgIpc) is 1.86. The Morgan fingerprint density at radius 3 is 1.82 bits per heavy atom. The molecule has 11 heavy (non-hydrogen) atoms. The summed E-state index contributed by atoms with van der Waals surface area (Å²) in [5, 5.41) is 0. The van der Waals surface area contributed by atoms with Crippen LogP contribution in [0.2, 0.25) is 0 Å². The molecule has 2 rings (SSSR count). The molecule has 0 aromatic heterocycles. The lowest BCUT2D eigenvalue weighted by molar-refractivity contribution is -0.0730. The first-order chi connectivity index (χ1) is 5.20. The molecule has 1 spiro atoms. The van der Waals surface area contributed by atoms with Crippen molar-refractivity contribution in [3.63, 3.8) is 0 Å². The summed E-state index contributed by atoms with van der Waals surface area (Å²) in [7, 11) is 0. The van der Waals surface area contributed by atoms with Crippen LogP contribution in [0.5, 0.6) is 0 Å². The molecule has 66 valence electrons. The molecule has 2 fully saturated rings. The van der Waals surface area contributed by atoms with Crippen molar-refractivity contribution >= 4 is 0 Å². The lowest BCUT2D eigenvalue weighted by atomic mass is 9.51. The van der Waals surface area contributed by atoms with Gasteiger partial charge < -0.3 is 0 Å². The molecule has 2 saturated carbocycles. The predicted molar refractivity (Wildman–Crippen MR) is 46.3 cm³/mol. The van der Waals surface area contributed by atoms with E-state index in [2.05, 4.69) is 6.92 Å². The second kappa shape index (κ2) is 3.12. The van der Waals surface area contributed by atoms with Crippen molar-refractivity contribution in [2.75, 3.05) is 0 Å². The quantitative estimate of drug-likeness (QED) is 0.505. The SMILES string of the molecule is CC.CC1CC2(C1)CC(F)C2. The zero-order chi connectivity index (χ0) is 8.48. The minimum Gasteiger partial charge on any atom is -0.247 e. The van der Waals surface area contributed by atoms with E-state index < -0.39 is 6.17 Å². The summed E-state index contributed by atoms with van der Waals surface area (Å²) in [4.78, 5) is 0. The molecule has 0 atom stereocenters. The second-order valence-corrected chi connectivity index (χ2v) is 4.02. The van der Waals surface area contributed by atoms with E-state index >= 15 is 0 Å². The Morgan fingerprint density at radius 2 is 1.55 bits per heavy atom. The monoisotopic (exact) mass is 158 g/mol. The minimum atomic E-state index is -0.447. The fraction of sp³-hybridized carbons (Fsp3) is 1.00. The van der Waals surface area contributed by atoms with Gasteiger partial charge in [-0.1, -0.05) is 20.8 Å². The summed E-state index contributed by atoms with van der Waals surface area (Å²) >= 11 is 0. The highest BCUT2D eigenvalue weighted by atomic mass is 19.1. The Morgan fingerprint density at radius 1 is 1.09 bits per heavy atom. The van der Waals surface area contributed by atoms with Crippen LogP contribution in [0.25, 0.3) is 0 Å². The van der Waals surface area contributed by atoms with Crippen LogP contribution in [-0.4, -0.2) is 6.17 Å². The van der Waals surface area contributed by atoms with E-state index in [1.54, 1.807) is 0 Å². The van der Waals surface area contributed by atoms with Gasteiger partial charge in [0.15, 0.2) is 0 Å². The van der Waals surface area contributed by atoms with Gasteiger partial charge in [0.25, 0.3) is 0 Å². The van der Waals surface area contributed by atoms with E-state index in [1.807, 2.05) is 13.8 Å². The van der Waals surface area contributed by atoms with E-state index in [9.17, 15) is 4.39 Å². The third-order valence-corrected chi connectivity index (χ3v) is 2.87. The molecule has 0 aromatic carbocycles. The predicted octanol–water partition coefficient (Wildman–Crippen LogP) is 3.56. The largest absolute Gasteiger partial charge is 0.247 e. The summed E-state index contributed by atoms with van der Waals surface area (Å²) in [6.45, 7) is 6.26.